The summed E-state index contributed by atoms with van der Waals surface area (Å²) in [5.41, 5.74) is 4.02. The summed E-state index contributed by atoms with van der Waals surface area (Å²) in [7, 11) is 0. The Hall–Kier alpha value is -3.93. The summed E-state index contributed by atoms with van der Waals surface area (Å²) < 4.78 is 11.6. The Morgan fingerprint density at radius 2 is 2.00 bits per heavy atom. The van der Waals surface area contributed by atoms with E-state index in [0.29, 0.717) is 54.8 Å². The van der Waals surface area contributed by atoms with E-state index >= 15 is 0 Å². The molecule has 0 radical (unpaired) electrons. The third-order valence-electron chi connectivity index (χ3n) is 6.91. The molecule has 0 atom stereocenters. The monoisotopic (exact) mass is 532 g/mol. The molecule has 2 heterocycles. The Balaban J connectivity index is 1.45. The van der Waals surface area contributed by atoms with Crippen molar-refractivity contribution in [2.75, 3.05) is 19.8 Å². The number of aliphatic carboxylic acids is 1. The molecule has 39 heavy (non-hydrogen) atoms. The average Bonchev–Trinajstić information content (AvgIpc) is 3.69. The van der Waals surface area contributed by atoms with Crippen LogP contribution >= 0.6 is 0 Å². The third-order valence-corrected chi connectivity index (χ3v) is 6.91. The van der Waals surface area contributed by atoms with Crippen LogP contribution in [0.3, 0.4) is 0 Å². The van der Waals surface area contributed by atoms with Crippen molar-refractivity contribution in [1.82, 2.24) is 9.88 Å². The summed E-state index contributed by atoms with van der Waals surface area (Å²) in [6.07, 6.45) is 3.93. The SMILES string of the molecule is CC(C)(C)c1cc(CCC(=O)CN2Cc3ccc(C4CC4)nc3C2=N)cc(OCCCC#N)c1OCC(=O)O. The van der Waals surface area contributed by atoms with E-state index in [1.807, 2.05) is 39.0 Å². The molecule has 9 heteroatoms. The van der Waals surface area contributed by atoms with Gasteiger partial charge in [0.1, 0.15) is 11.5 Å². The van der Waals surface area contributed by atoms with Crippen LogP contribution in [0, 0.1) is 16.7 Å². The Bertz CT molecular complexity index is 1300. The number of aromatic nitrogens is 1. The number of hydrogen-bond donors (Lipinski definition) is 2. The number of nitrogens with one attached hydrogen (secondary N) is 1. The lowest BCUT2D eigenvalue weighted by atomic mass is 9.84. The third kappa shape index (κ3) is 7.14. The number of ketones is 1. The highest BCUT2D eigenvalue weighted by atomic mass is 16.5. The van der Waals surface area contributed by atoms with Gasteiger partial charge >= 0.3 is 5.97 Å². The lowest BCUT2D eigenvalue weighted by molar-refractivity contribution is -0.139. The number of carbonyl (C=O) groups is 2. The van der Waals surface area contributed by atoms with Crippen molar-refractivity contribution in [3.05, 3.63) is 52.3 Å². The summed E-state index contributed by atoms with van der Waals surface area (Å²) in [6.45, 7) is 6.46. The molecule has 0 spiro atoms. The molecule has 2 aromatic rings. The molecule has 9 nitrogen and oxygen atoms in total. The van der Waals surface area contributed by atoms with E-state index in [1.165, 1.54) is 0 Å². The molecule has 1 saturated carbocycles. The van der Waals surface area contributed by atoms with Crippen molar-refractivity contribution in [2.24, 2.45) is 0 Å². The highest BCUT2D eigenvalue weighted by Gasteiger charge is 2.31. The van der Waals surface area contributed by atoms with Gasteiger partial charge in [-0.2, -0.15) is 5.26 Å². The van der Waals surface area contributed by atoms with E-state index in [2.05, 4.69) is 6.07 Å². The molecule has 0 saturated heterocycles. The number of amidine groups is 1. The lowest BCUT2D eigenvalue weighted by Crippen LogP contribution is -2.30. The summed E-state index contributed by atoms with van der Waals surface area (Å²) in [5.74, 6) is 0.543. The Kier molecular flexibility index (Phi) is 8.54. The fourth-order valence-corrected chi connectivity index (χ4v) is 4.67. The number of fused-ring (bicyclic) bond motifs is 1. The van der Waals surface area contributed by atoms with E-state index in [4.69, 9.17) is 25.1 Å². The van der Waals surface area contributed by atoms with E-state index in [-0.39, 0.29) is 30.8 Å². The number of carboxylic acid groups (broad SMARTS) is 1. The van der Waals surface area contributed by atoms with Crippen LogP contribution in [0.2, 0.25) is 0 Å². The maximum atomic E-state index is 13.0. The number of nitriles is 1. The Labute approximate surface area is 229 Å². The minimum atomic E-state index is -1.09. The molecule has 1 aromatic heterocycles. The molecule has 2 aliphatic rings. The minimum Gasteiger partial charge on any atom is -0.490 e. The molecule has 0 amide bonds. The van der Waals surface area contributed by atoms with Gasteiger partial charge in [0, 0.05) is 42.1 Å². The quantitative estimate of drug-likeness (QED) is 0.353. The first-order chi connectivity index (χ1) is 18.6. The van der Waals surface area contributed by atoms with E-state index < -0.39 is 12.6 Å². The fraction of sp³-hybridized carbons (Fsp3) is 0.500. The molecule has 0 bridgehead atoms. The number of unbranched alkanes of at least 4 members (excludes halogenated alkanes) is 1. The van der Waals surface area contributed by atoms with Gasteiger partial charge in [-0.15, -0.1) is 0 Å². The number of carbonyl (C=O) groups excluding carboxylic acids is 1. The van der Waals surface area contributed by atoms with Crippen molar-refractivity contribution >= 4 is 17.6 Å². The van der Waals surface area contributed by atoms with Crippen molar-refractivity contribution in [3.8, 4) is 17.6 Å². The fourth-order valence-electron chi connectivity index (χ4n) is 4.67. The van der Waals surface area contributed by atoms with Crippen molar-refractivity contribution in [3.63, 3.8) is 0 Å². The van der Waals surface area contributed by atoms with Gasteiger partial charge in [-0.25, -0.2) is 9.78 Å². The molecule has 1 aliphatic heterocycles. The number of pyridine rings is 1. The second-order valence-corrected chi connectivity index (χ2v) is 11.3. The van der Waals surface area contributed by atoms with Crippen LogP contribution in [0.1, 0.15) is 86.9 Å². The zero-order valence-corrected chi connectivity index (χ0v) is 22.9. The van der Waals surface area contributed by atoms with Crippen LogP contribution in [0.25, 0.3) is 0 Å². The van der Waals surface area contributed by atoms with Crippen LogP contribution in [0.5, 0.6) is 11.5 Å². The van der Waals surface area contributed by atoms with Crippen LogP contribution in [0.4, 0.5) is 0 Å². The highest BCUT2D eigenvalue weighted by Crippen LogP contribution is 2.41. The molecule has 206 valence electrons. The number of rotatable bonds is 13. The first-order valence-corrected chi connectivity index (χ1v) is 13.4. The largest absolute Gasteiger partial charge is 0.490 e. The zero-order chi connectivity index (χ0) is 28.2. The summed E-state index contributed by atoms with van der Waals surface area (Å²) in [5, 5.41) is 26.6. The second-order valence-electron chi connectivity index (χ2n) is 11.3. The summed E-state index contributed by atoms with van der Waals surface area (Å²) in [6, 6.07) is 9.91. The van der Waals surface area contributed by atoms with Gasteiger partial charge in [0.05, 0.1) is 19.2 Å². The van der Waals surface area contributed by atoms with Gasteiger partial charge in [0.15, 0.2) is 23.9 Å². The molecule has 4 rings (SSSR count). The molecule has 1 aromatic carbocycles. The number of nitrogens with zero attached hydrogens (tertiary/aromatic N) is 3. The first kappa shape index (κ1) is 28.1. The standard InChI is InChI=1S/C30H36N4O5/c1-30(2,3)23-14-19(15-25(38-13-5-4-12-31)28(23)39-18-26(36)37)6-10-22(35)17-34-16-21-9-11-24(20-7-8-20)33-27(21)29(34)32/h9,11,14-15,20,32H,4-8,10,13,16-18H2,1-3H3,(H,36,37). The smallest absolute Gasteiger partial charge is 0.341 e. The minimum absolute atomic E-state index is 0.0231. The van der Waals surface area contributed by atoms with Crippen LogP contribution in [-0.4, -0.2) is 52.3 Å². The number of Topliss-reactive ketones (excluding diaryl/α,β-unsaturated/α-hetero) is 1. The number of carboxylic acids is 1. The molecular formula is C30H36N4O5. The topological polar surface area (TPSA) is 137 Å². The molecular weight excluding hydrogens is 496 g/mol. The van der Waals surface area contributed by atoms with Gasteiger partial charge in [-0.3, -0.25) is 10.2 Å². The Morgan fingerprint density at radius 1 is 1.23 bits per heavy atom. The summed E-state index contributed by atoms with van der Waals surface area (Å²) >= 11 is 0. The first-order valence-electron chi connectivity index (χ1n) is 13.4. The average molecular weight is 533 g/mol. The number of benzene rings is 1. The van der Waals surface area contributed by atoms with E-state index in [1.54, 1.807) is 11.0 Å². The lowest BCUT2D eigenvalue weighted by Gasteiger charge is -2.26. The maximum absolute atomic E-state index is 13.0. The molecule has 1 fully saturated rings. The molecule has 2 N–H and O–H groups in total. The van der Waals surface area contributed by atoms with Crippen LogP contribution in [0.15, 0.2) is 24.3 Å². The van der Waals surface area contributed by atoms with Gasteiger partial charge in [0.2, 0.25) is 0 Å². The van der Waals surface area contributed by atoms with E-state index in [9.17, 15) is 14.7 Å². The van der Waals surface area contributed by atoms with Crippen molar-refractivity contribution in [1.29, 1.82) is 10.7 Å². The number of aryl methyl sites for hydroxylation is 1. The van der Waals surface area contributed by atoms with Gasteiger partial charge in [0.25, 0.3) is 0 Å². The second kappa shape index (κ2) is 11.9. The predicted molar refractivity (Wildman–Crippen MR) is 145 cm³/mol. The van der Waals surface area contributed by atoms with Crippen molar-refractivity contribution < 1.29 is 24.2 Å². The van der Waals surface area contributed by atoms with Gasteiger partial charge in [-0.05, 0) is 48.8 Å². The Morgan fingerprint density at radius 3 is 2.67 bits per heavy atom. The predicted octanol–water partition coefficient (Wildman–Crippen LogP) is 4.75. The zero-order valence-electron chi connectivity index (χ0n) is 22.9. The number of ether oxygens (including phenoxy) is 2. The summed E-state index contributed by atoms with van der Waals surface area (Å²) in [4.78, 5) is 30.7. The van der Waals surface area contributed by atoms with Crippen LogP contribution in [-0.2, 0) is 28.0 Å². The van der Waals surface area contributed by atoms with Gasteiger partial charge in [-0.1, -0.05) is 32.9 Å². The highest BCUT2D eigenvalue weighted by molar-refractivity contribution is 6.00. The maximum Gasteiger partial charge on any atom is 0.341 e. The van der Waals surface area contributed by atoms with E-state index in [0.717, 1.165) is 35.2 Å². The van der Waals surface area contributed by atoms with Crippen molar-refractivity contribution in [2.45, 2.75) is 77.2 Å². The number of hydrogen-bond acceptors (Lipinski definition) is 7. The molecule has 1 aliphatic carbocycles. The molecule has 0 unspecified atom stereocenters. The van der Waals surface area contributed by atoms with Crippen LogP contribution < -0.4 is 9.47 Å². The van der Waals surface area contributed by atoms with Gasteiger partial charge < -0.3 is 19.5 Å². The normalized spacial score (nSPS) is 14.6.